The highest BCUT2D eigenvalue weighted by Crippen LogP contribution is 2.23. The van der Waals surface area contributed by atoms with Crippen LogP contribution in [-0.4, -0.2) is 4.98 Å². The lowest BCUT2D eigenvalue weighted by molar-refractivity contribution is 0.396. The van der Waals surface area contributed by atoms with Gasteiger partial charge in [0.15, 0.2) is 0 Å². The first kappa shape index (κ1) is 12.1. The summed E-state index contributed by atoms with van der Waals surface area (Å²) in [5, 5.41) is 0. The molecule has 1 rings (SSSR count). The van der Waals surface area contributed by atoms with E-state index in [0.717, 1.165) is 12.8 Å². The molecule has 2 atom stereocenters. The van der Waals surface area contributed by atoms with E-state index < -0.39 is 0 Å². The van der Waals surface area contributed by atoms with Crippen molar-refractivity contribution >= 4 is 0 Å². The smallest absolute Gasteiger partial charge is 0.146 e. The van der Waals surface area contributed by atoms with Crippen LogP contribution in [0.5, 0.6) is 0 Å². The second kappa shape index (κ2) is 5.78. The second-order valence-electron chi connectivity index (χ2n) is 3.87. The van der Waals surface area contributed by atoms with E-state index >= 15 is 0 Å². The zero-order valence-electron chi connectivity index (χ0n) is 9.20. The Morgan fingerprint density at radius 3 is 2.87 bits per heavy atom. The van der Waals surface area contributed by atoms with Gasteiger partial charge >= 0.3 is 0 Å². The van der Waals surface area contributed by atoms with Crippen molar-refractivity contribution in [3.8, 4) is 0 Å². The summed E-state index contributed by atoms with van der Waals surface area (Å²) in [7, 11) is 0. The highest BCUT2D eigenvalue weighted by molar-refractivity contribution is 5.17. The van der Waals surface area contributed by atoms with Crippen LogP contribution in [0, 0.1) is 11.7 Å². The number of hydrazine groups is 1. The monoisotopic (exact) mass is 211 g/mol. The number of halogens is 1. The molecule has 2 unspecified atom stereocenters. The van der Waals surface area contributed by atoms with Crippen molar-refractivity contribution in [1.82, 2.24) is 10.4 Å². The quantitative estimate of drug-likeness (QED) is 0.579. The Hall–Kier alpha value is -1.00. The minimum Gasteiger partial charge on any atom is -0.271 e. The molecular weight excluding hydrogens is 193 g/mol. The van der Waals surface area contributed by atoms with Crippen molar-refractivity contribution in [3.63, 3.8) is 0 Å². The molecule has 1 aromatic heterocycles. The SMILES string of the molecule is CCC(C)CC(NN)c1ccncc1F. The van der Waals surface area contributed by atoms with E-state index in [1.54, 1.807) is 12.3 Å². The lowest BCUT2D eigenvalue weighted by atomic mass is 9.95. The Morgan fingerprint density at radius 1 is 1.60 bits per heavy atom. The Kier molecular flexibility index (Phi) is 4.65. The largest absolute Gasteiger partial charge is 0.271 e. The molecule has 0 aliphatic heterocycles. The van der Waals surface area contributed by atoms with Crippen molar-refractivity contribution in [2.45, 2.75) is 32.7 Å². The number of pyridine rings is 1. The van der Waals surface area contributed by atoms with E-state index in [2.05, 4.69) is 24.3 Å². The zero-order valence-corrected chi connectivity index (χ0v) is 9.20. The van der Waals surface area contributed by atoms with E-state index in [-0.39, 0.29) is 11.9 Å². The van der Waals surface area contributed by atoms with Gasteiger partial charge in [0, 0.05) is 17.8 Å². The van der Waals surface area contributed by atoms with Crippen LogP contribution >= 0.6 is 0 Å². The zero-order chi connectivity index (χ0) is 11.3. The normalized spacial score (nSPS) is 14.9. The van der Waals surface area contributed by atoms with Crippen molar-refractivity contribution in [3.05, 3.63) is 29.8 Å². The summed E-state index contributed by atoms with van der Waals surface area (Å²) < 4.78 is 13.4. The summed E-state index contributed by atoms with van der Waals surface area (Å²) in [5.41, 5.74) is 3.25. The van der Waals surface area contributed by atoms with Crippen LogP contribution in [0.3, 0.4) is 0 Å². The number of aromatic nitrogens is 1. The molecule has 0 saturated carbocycles. The Bertz CT molecular complexity index is 304. The van der Waals surface area contributed by atoms with Crippen LogP contribution in [0.1, 0.15) is 38.3 Å². The molecule has 0 aliphatic rings. The topological polar surface area (TPSA) is 50.9 Å². The van der Waals surface area contributed by atoms with Crippen LogP contribution in [0.15, 0.2) is 18.5 Å². The maximum Gasteiger partial charge on any atom is 0.146 e. The first-order valence-corrected chi connectivity index (χ1v) is 5.24. The Labute approximate surface area is 89.9 Å². The maximum absolute atomic E-state index is 13.4. The molecule has 0 fully saturated rings. The second-order valence-corrected chi connectivity index (χ2v) is 3.87. The number of nitrogens with one attached hydrogen (secondary N) is 1. The van der Waals surface area contributed by atoms with Gasteiger partial charge in [-0.2, -0.15) is 0 Å². The van der Waals surface area contributed by atoms with Crippen LogP contribution in [-0.2, 0) is 0 Å². The van der Waals surface area contributed by atoms with Gasteiger partial charge in [0.25, 0.3) is 0 Å². The molecule has 3 nitrogen and oxygen atoms in total. The average Bonchev–Trinajstić information content (AvgIpc) is 2.26. The number of hydrogen-bond donors (Lipinski definition) is 2. The predicted octanol–water partition coefficient (Wildman–Crippen LogP) is 2.16. The molecule has 15 heavy (non-hydrogen) atoms. The van der Waals surface area contributed by atoms with Crippen molar-refractivity contribution in [2.75, 3.05) is 0 Å². The van der Waals surface area contributed by atoms with Crippen LogP contribution in [0.2, 0.25) is 0 Å². The van der Waals surface area contributed by atoms with Crippen molar-refractivity contribution in [2.24, 2.45) is 11.8 Å². The van der Waals surface area contributed by atoms with E-state index in [9.17, 15) is 4.39 Å². The first-order chi connectivity index (χ1) is 7.19. The average molecular weight is 211 g/mol. The van der Waals surface area contributed by atoms with Gasteiger partial charge in [0.1, 0.15) is 5.82 Å². The van der Waals surface area contributed by atoms with Gasteiger partial charge in [-0.1, -0.05) is 20.3 Å². The minimum absolute atomic E-state index is 0.136. The fourth-order valence-electron chi connectivity index (χ4n) is 1.52. The summed E-state index contributed by atoms with van der Waals surface area (Å²) in [5.74, 6) is 5.65. The van der Waals surface area contributed by atoms with Gasteiger partial charge in [-0.05, 0) is 18.4 Å². The number of nitrogens with zero attached hydrogens (tertiary/aromatic N) is 1. The summed E-state index contributed by atoms with van der Waals surface area (Å²) in [6, 6.07) is 1.53. The highest BCUT2D eigenvalue weighted by atomic mass is 19.1. The molecule has 0 spiro atoms. The number of nitrogens with two attached hydrogens (primary N) is 1. The van der Waals surface area contributed by atoms with Crippen LogP contribution < -0.4 is 11.3 Å². The molecule has 0 radical (unpaired) electrons. The van der Waals surface area contributed by atoms with Gasteiger partial charge < -0.3 is 0 Å². The van der Waals surface area contributed by atoms with Crippen LogP contribution in [0.25, 0.3) is 0 Å². The summed E-state index contributed by atoms with van der Waals surface area (Å²) >= 11 is 0. The lowest BCUT2D eigenvalue weighted by Crippen LogP contribution is -2.30. The van der Waals surface area contributed by atoms with Crippen molar-refractivity contribution in [1.29, 1.82) is 0 Å². The lowest BCUT2D eigenvalue weighted by Gasteiger charge is -2.20. The molecule has 0 aromatic carbocycles. The molecule has 3 N–H and O–H groups in total. The molecule has 1 heterocycles. The van der Waals surface area contributed by atoms with Gasteiger partial charge in [-0.25, -0.2) is 4.39 Å². The minimum atomic E-state index is -0.302. The molecule has 0 amide bonds. The predicted molar refractivity (Wildman–Crippen MR) is 58.3 cm³/mol. The first-order valence-electron chi connectivity index (χ1n) is 5.24. The molecule has 0 saturated heterocycles. The van der Waals surface area contributed by atoms with Gasteiger partial charge in [0.05, 0.1) is 6.20 Å². The molecule has 0 aliphatic carbocycles. The Morgan fingerprint density at radius 2 is 2.33 bits per heavy atom. The molecule has 0 bridgehead atoms. The molecule has 1 aromatic rings. The van der Waals surface area contributed by atoms with E-state index in [0.29, 0.717) is 11.5 Å². The van der Waals surface area contributed by atoms with Crippen LogP contribution in [0.4, 0.5) is 4.39 Å². The highest BCUT2D eigenvalue weighted by Gasteiger charge is 2.16. The third-order valence-electron chi connectivity index (χ3n) is 2.72. The van der Waals surface area contributed by atoms with E-state index in [4.69, 9.17) is 5.84 Å². The summed E-state index contributed by atoms with van der Waals surface area (Å²) in [6.07, 6.45) is 4.69. The van der Waals surface area contributed by atoms with Gasteiger partial charge in [0.2, 0.25) is 0 Å². The van der Waals surface area contributed by atoms with Gasteiger partial charge in [-0.3, -0.25) is 16.3 Å². The molecule has 4 heteroatoms. The number of rotatable bonds is 5. The summed E-state index contributed by atoms with van der Waals surface area (Å²) in [6.45, 7) is 4.24. The van der Waals surface area contributed by atoms with Gasteiger partial charge in [-0.15, -0.1) is 0 Å². The fourth-order valence-corrected chi connectivity index (χ4v) is 1.52. The maximum atomic E-state index is 13.4. The van der Waals surface area contributed by atoms with E-state index in [1.165, 1.54) is 6.20 Å². The van der Waals surface area contributed by atoms with Crippen molar-refractivity contribution < 1.29 is 4.39 Å². The third kappa shape index (κ3) is 3.25. The van der Waals surface area contributed by atoms with E-state index in [1.807, 2.05) is 0 Å². The Balaban J connectivity index is 2.78. The standard InChI is InChI=1S/C11H18FN3/c1-3-8(2)6-11(15-13)9-4-5-14-7-10(9)12/h4-5,7-8,11,15H,3,6,13H2,1-2H3. The fraction of sp³-hybridized carbons (Fsp3) is 0.545. The summed E-state index contributed by atoms with van der Waals surface area (Å²) in [4.78, 5) is 3.72. The molecule has 84 valence electrons. The molecular formula is C11H18FN3. The number of hydrogen-bond acceptors (Lipinski definition) is 3. The third-order valence-corrected chi connectivity index (χ3v) is 2.72.